The van der Waals surface area contributed by atoms with E-state index in [1.165, 1.54) is 18.2 Å². The molecule has 30 heavy (non-hydrogen) atoms. The molecule has 1 aliphatic rings. The van der Waals surface area contributed by atoms with Crippen LogP contribution >= 0.6 is 11.6 Å². The first-order valence-electron chi connectivity index (χ1n) is 9.04. The van der Waals surface area contributed by atoms with Crippen molar-refractivity contribution in [3.63, 3.8) is 0 Å². The van der Waals surface area contributed by atoms with E-state index in [4.69, 9.17) is 11.6 Å². The highest BCUT2D eigenvalue weighted by atomic mass is 35.5. The maximum absolute atomic E-state index is 13.4. The summed E-state index contributed by atoms with van der Waals surface area (Å²) in [7, 11) is -4.04. The first-order valence-corrected chi connectivity index (χ1v) is 10.9. The second-order valence-electron chi connectivity index (χ2n) is 6.68. The molecule has 4 rings (SSSR count). The van der Waals surface area contributed by atoms with Gasteiger partial charge < -0.3 is 0 Å². The molecule has 0 aromatic heterocycles. The molecule has 0 saturated heterocycles. The van der Waals surface area contributed by atoms with Gasteiger partial charge in [0.2, 0.25) is 0 Å². The van der Waals surface area contributed by atoms with E-state index < -0.39 is 21.0 Å². The molecular formula is C21H16ClN3O4S. The van der Waals surface area contributed by atoms with E-state index in [-0.39, 0.29) is 22.6 Å². The number of sulfonamides is 1. The Bertz CT molecular complexity index is 1250. The topological polar surface area (TPSA) is 92.9 Å². The molecule has 0 fully saturated rings. The highest BCUT2D eigenvalue weighted by Crippen LogP contribution is 2.40. The van der Waals surface area contributed by atoms with Crippen LogP contribution in [-0.2, 0) is 10.0 Å². The van der Waals surface area contributed by atoms with E-state index in [2.05, 4.69) is 5.10 Å². The van der Waals surface area contributed by atoms with Crippen LogP contribution in [0.15, 0.2) is 88.9 Å². The van der Waals surface area contributed by atoms with Crippen LogP contribution in [-0.4, -0.2) is 23.5 Å². The van der Waals surface area contributed by atoms with Crippen LogP contribution in [0.3, 0.4) is 0 Å². The maximum atomic E-state index is 13.4. The number of hydrazone groups is 1. The van der Waals surface area contributed by atoms with Gasteiger partial charge in [-0.05, 0) is 35.9 Å². The molecule has 0 N–H and O–H groups in total. The summed E-state index contributed by atoms with van der Waals surface area (Å²) in [6.07, 6.45) is 0.178. The number of benzene rings is 3. The maximum Gasteiger partial charge on any atom is 0.279 e. The van der Waals surface area contributed by atoms with E-state index in [0.29, 0.717) is 16.3 Å². The van der Waals surface area contributed by atoms with E-state index in [0.717, 1.165) is 4.41 Å². The van der Waals surface area contributed by atoms with Crippen LogP contribution < -0.4 is 0 Å². The highest BCUT2D eigenvalue weighted by molar-refractivity contribution is 7.89. The number of nitro groups is 1. The van der Waals surface area contributed by atoms with Gasteiger partial charge in [-0.3, -0.25) is 10.1 Å². The molecular weight excluding hydrogens is 426 g/mol. The zero-order valence-corrected chi connectivity index (χ0v) is 17.1. The minimum absolute atomic E-state index is 0.0599. The summed E-state index contributed by atoms with van der Waals surface area (Å²) in [5.74, 6) is 0. The summed E-state index contributed by atoms with van der Waals surface area (Å²) < 4.78 is 27.7. The predicted octanol–water partition coefficient (Wildman–Crippen LogP) is 4.79. The van der Waals surface area contributed by atoms with Gasteiger partial charge >= 0.3 is 0 Å². The lowest BCUT2D eigenvalue weighted by Gasteiger charge is -2.23. The van der Waals surface area contributed by atoms with Gasteiger partial charge in [0.05, 0.1) is 21.1 Å². The van der Waals surface area contributed by atoms with E-state index in [9.17, 15) is 18.5 Å². The van der Waals surface area contributed by atoms with Crippen LogP contribution in [0.25, 0.3) is 0 Å². The second kappa shape index (κ2) is 7.89. The summed E-state index contributed by atoms with van der Waals surface area (Å²) in [6.45, 7) is 0. The van der Waals surface area contributed by atoms with E-state index in [1.807, 2.05) is 0 Å². The predicted molar refractivity (Wildman–Crippen MR) is 114 cm³/mol. The van der Waals surface area contributed by atoms with Gasteiger partial charge in [-0.15, -0.1) is 0 Å². The molecule has 7 nitrogen and oxygen atoms in total. The molecule has 0 spiro atoms. The van der Waals surface area contributed by atoms with Gasteiger partial charge in [-0.1, -0.05) is 54.1 Å². The van der Waals surface area contributed by atoms with Crippen LogP contribution in [0, 0.1) is 10.1 Å². The van der Waals surface area contributed by atoms with Gasteiger partial charge in [-0.25, -0.2) is 0 Å². The number of hydrogen-bond acceptors (Lipinski definition) is 5. The summed E-state index contributed by atoms with van der Waals surface area (Å²) in [4.78, 5) is 11.1. The van der Waals surface area contributed by atoms with Gasteiger partial charge in [0, 0.05) is 17.5 Å². The van der Waals surface area contributed by atoms with Crippen molar-refractivity contribution in [2.45, 2.75) is 17.4 Å². The number of rotatable bonds is 5. The molecule has 0 bridgehead atoms. The Labute approximate surface area is 178 Å². The fraction of sp³-hybridized carbons (Fsp3) is 0.0952. The highest BCUT2D eigenvalue weighted by Gasteiger charge is 2.40. The Hall–Kier alpha value is -3.23. The minimum Gasteiger partial charge on any atom is -0.258 e. The molecule has 152 valence electrons. The molecule has 0 aliphatic carbocycles. The third kappa shape index (κ3) is 3.67. The van der Waals surface area contributed by atoms with Crippen molar-refractivity contribution in [1.82, 2.24) is 4.41 Å². The Kier molecular flexibility index (Phi) is 5.27. The quantitative estimate of drug-likeness (QED) is 0.420. The van der Waals surface area contributed by atoms with Crippen LogP contribution in [0.4, 0.5) is 5.69 Å². The summed E-state index contributed by atoms with van der Waals surface area (Å²) >= 11 is 6.09. The molecule has 0 unspecified atom stereocenters. The lowest BCUT2D eigenvalue weighted by molar-refractivity contribution is -0.385. The van der Waals surface area contributed by atoms with Crippen molar-refractivity contribution < 1.29 is 13.3 Å². The standard InChI is InChI=1S/C21H16ClN3O4S/c22-16-8-6-7-15(13-16)19-14-21(18-11-4-5-12-20(18)25(26)27)24(23-19)30(28,29)17-9-2-1-3-10-17/h1-13,21H,14H2/t21-/m1/s1. The van der Waals surface area contributed by atoms with Crippen molar-refractivity contribution >= 4 is 33.0 Å². The normalized spacial score (nSPS) is 16.4. The zero-order valence-electron chi connectivity index (χ0n) is 15.6. The minimum atomic E-state index is -4.04. The Morgan fingerprint density at radius 2 is 1.70 bits per heavy atom. The summed E-state index contributed by atoms with van der Waals surface area (Å²) in [5, 5.41) is 16.5. The summed E-state index contributed by atoms with van der Waals surface area (Å²) in [5.41, 5.74) is 1.28. The SMILES string of the molecule is O=[N+]([O-])c1ccccc1[C@H]1CC(c2cccc(Cl)c2)=NN1S(=O)(=O)c1ccccc1. The van der Waals surface area contributed by atoms with Gasteiger partial charge in [-0.2, -0.15) is 17.9 Å². The van der Waals surface area contributed by atoms with Crippen molar-refractivity contribution in [3.05, 3.63) is 105 Å². The first kappa shape index (κ1) is 20.1. The van der Waals surface area contributed by atoms with Crippen LogP contribution in [0.2, 0.25) is 5.02 Å². The fourth-order valence-electron chi connectivity index (χ4n) is 3.42. The van der Waals surface area contributed by atoms with Gasteiger partial charge in [0.15, 0.2) is 0 Å². The number of para-hydroxylation sites is 1. The molecule has 1 aliphatic heterocycles. The lowest BCUT2D eigenvalue weighted by Crippen LogP contribution is -2.27. The molecule has 3 aromatic carbocycles. The summed E-state index contributed by atoms with van der Waals surface area (Å²) in [6, 6.07) is 20.1. The molecule has 9 heteroatoms. The largest absolute Gasteiger partial charge is 0.279 e. The van der Waals surface area contributed by atoms with Crippen LogP contribution in [0.1, 0.15) is 23.6 Å². The molecule has 3 aromatic rings. The van der Waals surface area contributed by atoms with Crippen molar-refractivity contribution in [1.29, 1.82) is 0 Å². The molecule has 1 heterocycles. The van der Waals surface area contributed by atoms with Gasteiger partial charge in [0.1, 0.15) is 6.04 Å². The molecule has 0 saturated carbocycles. The lowest BCUT2D eigenvalue weighted by atomic mass is 9.98. The second-order valence-corrected chi connectivity index (χ2v) is 8.92. The van der Waals surface area contributed by atoms with E-state index in [1.54, 1.807) is 60.7 Å². The Morgan fingerprint density at radius 1 is 1.00 bits per heavy atom. The number of nitrogens with zero attached hydrogens (tertiary/aromatic N) is 3. The number of nitro benzene ring substituents is 1. The third-order valence-corrected chi connectivity index (χ3v) is 6.74. The zero-order chi connectivity index (χ0) is 21.3. The Balaban J connectivity index is 1.86. The third-order valence-electron chi connectivity index (χ3n) is 4.81. The Morgan fingerprint density at radius 3 is 2.40 bits per heavy atom. The molecule has 0 radical (unpaired) electrons. The molecule has 1 atom stereocenters. The fourth-order valence-corrected chi connectivity index (χ4v) is 5.06. The average molecular weight is 442 g/mol. The van der Waals surface area contributed by atoms with Crippen LogP contribution in [0.5, 0.6) is 0 Å². The van der Waals surface area contributed by atoms with Crippen molar-refractivity contribution in [2.75, 3.05) is 0 Å². The monoisotopic (exact) mass is 441 g/mol. The number of hydrogen-bond donors (Lipinski definition) is 0. The average Bonchev–Trinajstić information content (AvgIpc) is 3.21. The van der Waals surface area contributed by atoms with Crippen molar-refractivity contribution in [3.8, 4) is 0 Å². The first-order chi connectivity index (χ1) is 14.4. The van der Waals surface area contributed by atoms with E-state index >= 15 is 0 Å². The number of halogens is 1. The molecule has 0 amide bonds. The van der Waals surface area contributed by atoms with Crippen molar-refractivity contribution in [2.24, 2.45) is 5.10 Å². The smallest absolute Gasteiger partial charge is 0.258 e. The van der Waals surface area contributed by atoms with Gasteiger partial charge in [0.25, 0.3) is 15.7 Å².